The molecule has 0 aliphatic heterocycles. The average molecular weight is 261 g/mol. The molecule has 1 aliphatic carbocycles. The lowest BCUT2D eigenvalue weighted by Crippen LogP contribution is -2.19. The minimum atomic E-state index is 0.564. The van der Waals surface area contributed by atoms with Gasteiger partial charge in [-0.05, 0) is 43.9 Å². The summed E-state index contributed by atoms with van der Waals surface area (Å²) in [6.45, 7) is 6.85. The molecule has 0 bridgehead atoms. The number of nitrogens with zero attached hydrogens (tertiary/aromatic N) is 2. The Labute approximate surface area is 117 Å². The second-order valence-corrected chi connectivity index (χ2v) is 6.06. The van der Waals surface area contributed by atoms with Gasteiger partial charge >= 0.3 is 0 Å². The fraction of sp³-hybridized carbons (Fsp3) is 0.750. The monoisotopic (exact) mass is 261 g/mol. The zero-order valence-electron chi connectivity index (χ0n) is 12.7. The van der Waals surface area contributed by atoms with E-state index in [0.29, 0.717) is 5.92 Å². The molecule has 1 fully saturated rings. The zero-order chi connectivity index (χ0) is 13.8. The first-order valence-corrected chi connectivity index (χ1v) is 7.69. The summed E-state index contributed by atoms with van der Waals surface area (Å²) in [4.78, 5) is 9.41. The Bertz CT molecular complexity index is 384. The lowest BCUT2D eigenvalue weighted by molar-refractivity contribution is 0.254. The van der Waals surface area contributed by atoms with Gasteiger partial charge in [0.15, 0.2) is 0 Å². The molecule has 0 saturated heterocycles. The SMILES string of the molecule is CCc1cc(NC)nc(C2CCC(C(C)C)CC2)n1. The van der Waals surface area contributed by atoms with E-state index in [1.165, 1.54) is 25.7 Å². The molecule has 2 rings (SSSR count). The summed E-state index contributed by atoms with van der Waals surface area (Å²) in [7, 11) is 1.93. The number of nitrogens with one attached hydrogen (secondary N) is 1. The fourth-order valence-electron chi connectivity index (χ4n) is 3.05. The molecule has 0 radical (unpaired) electrons. The fourth-order valence-corrected chi connectivity index (χ4v) is 3.05. The van der Waals surface area contributed by atoms with Gasteiger partial charge in [-0.25, -0.2) is 9.97 Å². The molecule has 1 aromatic heterocycles. The lowest BCUT2D eigenvalue weighted by atomic mass is 9.76. The largest absolute Gasteiger partial charge is 0.373 e. The van der Waals surface area contributed by atoms with Gasteiger partial charge in [0.05, 0.1) is 0 Å². The van der Waals surface area contributed by atoms with Crippen LogP contribution in [0.3, 0.4) is 0 Å². The van der Waals surface area contributed by atoms with Crippen molar-refractivity contribution in [3.8, 4) is 0 Å². The molecule has 3 heteroatoms. The van der Waals surface area contributed by atoms with Gasteiger partial charge in [0.2, 0.25) is 0 Å². The van der Waals surface area contributed by atoms with Crippen LogP contribution in [0.25, 0.3) is 0 Å². The molecular weight excluding hydrogens is 234 g/mol. The van der Waals surface area contributed by atoms with E-state index in [4.69, 9.17) is 4.98 Å². The number of aryl methyl sites for hydroxylation is 1. The predicted molar refractivity (Wildman–Crippen MR) is 80.5 cm³/mol. The molecule has 0 atom stereocenters. The highest BCUT2D eigenvalue weighted by atomic mass is 15.0. The maximum Gasteiger partial charge on any atom is 0.134 e. The molecule has 0 unspecified atom stereocenters. The van der Waals surface area contributed by atoms with E-state index in [2.05, 4.69) is 37.1 Å². The second-order valence-electron chi connectivity index (χ2n) is 6.06. The lowest BCUT2D eigenvalue weighted by Gasteiger charge is -2.30. The molecule has 1 aliphatic rings. The molecular formula is C16H27N3. The van der Waals surface area contributed by atoms with Crippen LogP contribution in [0.2, 0.25) is 0 Å². The maximum atomic E-state index is 4.74. The number of rotatable bonds is 4. The molecule has 3 nitrogen and oxygen atoms in total. The van der Waals surface area contributed by atoms with Crippen molar-refractivity contribution in [3.63, 3.8) is 0 Å². The van der Waals surface area contributed by atoms with Gasteiger partial charge < -0.3 is 5.32 Å². The summed E-state index contributed by atoms with van der Waals surface area (Å²) in [5, 5.41) is 3.16. The van der Waals surface area contributed by atoms with Crippen LogP contribution in [0.4, 0.5) is 5.82 Å². The summed E-state index contributed by atoms with van der Waals surface area (Å²) in [6, 6.07) is 2.06. The molecule has 0 amide bonds. The van der Waals surface area contributed by atoms with E-state index in [0.717, 1.165) is 35.6 Å². The van der Waals surface area contributed by atoms with E-state index in [-0.39, 0.29) is 0 Å². The van der Waals surface area contributed by atoms with Crippen LogP contribution in [0.15, 0.2) is 6.07 Å². The van der Waals surface area contributed by atoms with Crippen LogP contribution in [0, 0.1) is 11.8 Å². The van der Waals surface area contributed by atoms with Crippen LogP contribution < -0.4 is 5.32 Å². The Morgan fingerprint density at radius 3 is 2.42 bits per heavy atom. The molecule has 0 aromatic carbocycles. The van der Waals surface area contributed by atoms with Crippen LogP contribution in [0.1, 0.15) is 63.9 Å². The van der Waals surface area contributed by atoms with Gasteiger partial charge in [-0.3, -0.25) is 0 Å². The number of aromatic nitrogens is 2. The summed E-state index contributed by atoms with van der Waals surface area (Å²) < 4.78 is 0. The second kappa shape index (κ2) is 6.36. The Hall–Kier alpha value is -1.12. The summed E-state index contributed by atoms with van der Waals surface area (Å²) >= 11 is 0. The molecule has 1 heterocycles. The first-order valence-electron chi connectivity index (χ1n) is 7.69. The van der Waals surface area contributed by atoms with E-state index in [1.807, 2.05) is 7.05 Å². The van der Waals surface area contributed by atoms with Crippen molar-refractivity contribution in [2.45, 2.75) is 58.8 Å². The van der Waals surface area contributed by atoms with E-state index < -0.39 is 0 Å². The minimum Gasteiger partial charge on any atom is -0.373 e. The van der Waals surface area contributed by atoms with Gasteiger partial charge in [-0.2, -0.15) is 0 Å². The van der Waals surface area contributed by atoms with Crippen molar-refractivity contribution in [2.24, 2.45) is 11.8 Å². The van der Waals surface area contributed by atoms with Crippen molar-refractivity contribution in [1.29, 1.82) is 0 Å². The summed E-state index contributed by atoms with van der Waals surface area (Å²) in [5.74, 6) is 4.30. The van der Waals surface area contributed by atoms with Gasteiger partial charge in [0.25, 0.3) is 0 Å². The van der Waals surface area contributed by atoms with Gasteiger partial charge in [-0.1, -0.05) is 20.8 Å². The Balaban J connectivity index is 2.10. The van der Waals surface area contributed by atoms with Crippen molar-refractivity contribution < 1.29 is 0 Å². The van der Waals surface area contributed by atoms with E-state index in [9.17, 15) is 0 Å². The van der Waals surface area contributed by atoms with Gasteiger partial charge in [0.1, 0.15) is 11.6 Å². The third-order valence-electron chi connectivity index (χ3n) is 4.49. The van der Waals surface area contributed by atoms with Crippen LogP contribution in [0.5, 0.6) is 0 Å². The highest BCUT2D eigenvalue weighted by Crippen LogP contribution is 2.37. The smallest absolute Gasteiger partial charge is 0.134 e. The summed E-state index contributed by atoms with van der Waals surface area (Å²) in [5.41, 5.74) is 1.15. The topological polar surface area (TPSA) is 37.8 Å². The van der Waals surface area contributed by atoms with E-state index in [1.54, 1.807) is 0 Å². The molecule has 0 spiro atoms. The molecule has 106 valence electrons. The van der Waals surface area contributed by atoms with Gasteiger partial charge in [0, 0.05) is 24.7 Å². The molecule has 19 heavy (non-hydrogen) atoms. The highest BCUT2D eigenvalue weighted by Gasteiger charge is 2.26. The number of hydrogen-bond donors (Lipinski definition) is 1. The first-order chi connectivity index (χ1) is 9.13. The minimum absolute atomic E-state index is 0.564. The standard InChI is InChI=1S/C16H27N3/c1-5-14-10-15(17-4)19-16(18-14)13-8-6-12(7-9-13)11(2)3/h10-13H,5-9H2,1-4H3,(H,17,18,19). The Kier molecular flexibility index (Phi) is 4.78. The van der Waals surface area contributed by atoms with Crippen molar-refractivity contribution >= 4 is 5.82 Å². The van der Waals surface area contributed by atoms with Crippen molar-refractivity contribution in [3.05, 3.63) is 17.6 Å². The number of anilines is 1. The predicted octanol–water partition coefficient (Wildman–Crippen LogP) is 4.01. The van der Waals surface area contributed by atoms with Gasteiger partial charge in [-0.15, -0.1) is 0 Å². The molecule has 1 aromatic rings. The van der Waals surface area contributed by atoms with Crippen LogP contribution >= 0.6 is 0 Å². The Morgan fingerprint density at radius 1 is 1.21 bits per heavy atom. The summed E-state index contributed by atoms with van der Waals surface area (Å²) in [6.07, 6.45) is 6.14. The molecule has 1 saturated carbocycles. The molecule has 1 N–H and O–H groups in total. The highest BCUT2D eigenvalue weighted by molar-refractivity contribution is 5.35. The van der Waals surface area contributed by atoms with E-state index >= 15 is 0 Å². The maximum absolute atomic E-state index is 4.74. The average Bonchev–Trinajstić information content (AvgIpc) is 2.46. The third-order valence-corrected chi connectivity index (χ3v) is 4.49. The number of hydrogen-bond acceptors (Lipinski definition) is 3. The van der Waals surface area contributed by atoms with Crippen molar-refractivity contribution in [1.82, 2.24) is 9.97 Å². The van der Waals surface area contributed by atoms with Crippen molar-refractivity contribution in [2.75, 3.05) is 12.4 Å². The van der Waals surface area contributed by atoms with Crippen LogP contribution in [-0.2, 0) is 6.42 Å². The third kappa shape index (κ3) is 3.46. The van der Waals surface area contributed by atoms with Crippen LogP contribution in [-0.4, -0.2) is 17.0 Å². The quantitative estimate of drug-likeness (QED) is 0.890. The first kappa shape index (κ1) is 14.3. The Morgan fingerprint density at radius 2 is 1.89 bits per heavy atom. The zero-order valence-corrected chi connectivity index (χ0v) is 12.7. The normalized spacial score (nSPS) is 23.6.